The van der Waals surface area contributed by atoms with E-state index in [4.69, 9.17) is 0 Å². The van der Waals surface area contributed by atoms with Crippen molar-refractivity contribution in [1.29, 1.82) is 0 Å². The fourth-order valence-electron chi connectivity index (χ4n) is 2.84. The molecule has 3 nitrogen and oxygen atoms in total. The van der Waals surface area contributed by atoms with E-state index in [0.717, 1.165) is 23.3 Å². The topological polar surface area (TPSA) is 32.3 Å². The number of hydrogen-bond acceptors (Lipinski definition) is 2. The fourth-order valence-corrected chi connectivity index (χ4v) is 4.08. The number of carbonyl (C=O) groups is 1. The molecule has 1 N–H and O–H groups in total. The van der Waals surface area contributed by atoms with Crippen molar-refractivity contribution in [2.45, 2.75) is 25.4 Å². The van der Waals surface area contributed by atoms with Crippen LogP contribution in [0.2, 0.25) is 0 Å². The normalized spacial score (nSPS) is 17.4. The predicted molar refractivity (Wildman–Crippen MR) is 98.3 cm³/mol. The number of rotatable bonds is 2. The second kappa shape index (κ2) is 7.23. The largest absolute Gasteiger partial charge is 0.416 e. The smallest absolute Gasteiger partial charge is 0.308 e. The van der Waals surface area contributed by atoms with Gasteiger partial charge in [-0.25, -0.2) is 4.79 Å². The van der Waals surface area contributed by atoms with E-state index in [1.807, 2.05) is 32.0 Å². The van der Waals surface area contributed by atoms with Gasteiger partial charge < -0.3 is 10.2 Å². The number of thioether (sulfide) groups is 1. The number of nitrogens with zero attached hydrogens (tertiary/aromatic N) is 1. The minimum Gasteiger partial charge on any atom is -0.308 e. The molecule has 2 aromatic rings. The van der Waals surface area contributed by atoms with Gasteiger partial charge in [0.15, 0.2) is 0 Å². The van der Waals surface area contributed by atoms with Crippen LogP contribution in [0.4, 0.5) is 23.7 Å². The Kier molecular flexibility index (Phi) is 5.18. The first-order valence-corrected chi connectivity index (χ1v) is 9.24. The Morgan fingerprint density at radius 1 is 1.15 bits per heavy atom. The lowest BCUT2D eigenvalue weighted by atomic mass is 10.1. The molecule has 1 aliphatic rings. The zero-order chi connectivity index (χ0) is 18.9. The molecule has 0 aromatic heterocycles. The van der Waals surface area contributed by atoms with Crippen LogP contribution in [-0.2, 0) is 6.18 Å². The maximum absolute atomic E-state index is 13.0. The van der Waals surface area contributed by atoms with Crippen LogP contribution in [0.15, 0.2) is 42.5 Å². The summed E-state index contributed by atoms with van der Waals surface area (Å²) in [5, 5.41) is 2.42. The van der Waals surface area contributed by atoms with Crippen molar-refractivity contribution in [1.82, 2.24) is 4.90 Å². The van der Waals surface area contributed by atoms with Crippen LogP contribution in [0.1, 0.15) is 27.6 Å². The molecule has 2 amide bonds. The molecular formula is C19H19F3N2OS. The van der Waals surface area contributed by atoms with Gasteiger partial charge >= 0.3 is 12.2 Å². The average molecular weight is 380 g/mol. The number of amides is 2. The maximum Gasteiger partial charge on any atom is 0.416 e. The number of nitrogens with one attached hydrogen (secondary N) is 1. The van der Waals surface area contributed by atoms with Crippen LogP contribution >= 0.6 is 11.8 Å². The Bertz CT molecular complexity index is 823. The highest BCUT2D eigenvalue weighted by Gasteiger charge is 2.34. The Labute approximate surface area is 154 Å². The second-order valence-electron chi connectivity index (χ2n) is 6.27. The second-order valence-corrected chi connectivity index (χ2v) is 7.46. The van der Waals surface area contributed by atoms with Crippen molar-refractivity contribution in [2.24, 2.45) is 0 Å². The number of urea groups is 1. The summed E-state index contributed by atoms with van der Waals surface area (Å²) in [6.45, 7) is 4.44. The number of hydrogen-bond donors (Lipinski definition) is 1. The van der Waals surface area contributed by atoms with Gasteiger partial charge in [0.05, 0.1) is 5.56 Å². The summed E-state index contributed by atoms with van der Waals surface area (Å²) < 4.78 is 38.9. The van der Waals surface area contributed by atoms with Gasteiger partial charge in [0.2, 0.25) is 0 Å². The van der Waals surface area contributed by atoms with Gasteiger partial charge in [0.1, 0.15) is 5.37 Å². The average Bonchev–Trinajstić information content (AvgIpc) is 3.07. The third-order valence-electron chi connectivity index (χ3n) is 4.41. The van der Waals surface area contributed by atoms with Crippen molar-refractivity contribution < 1.29 is 18.0 Å². The van der Waals surface area contributed by atoms with E-state index in [-0.39, 0.29) is 6.03 Å². The molecule has 1 fully saturated rings. The summed E-state index contributed by atoms with van der Waals surface area (Å²) in [4.78, 5) is 14.2. The zero-order valence-corrected chi connectivity index (χ0v) is 15.2. The maximum atomic E-state index is 13.0. The lowest BCUT2D eigenvalue weighted by Crippen LogP contribution is -2.34. The van der Waals surface area contributed by atoms with Gasteiger partial charge in [-0.3, -0.25) is 0 Å². The van der Waals surface area contributed by atoms with E-state index in [2.05, 4.69) is 5.32 Å². The summed E-state index contributed by atoms with van der Waals surface area (Å²) in [7, 11) is 0. The standard InChI is InChI=1S/C19H19F3N2OS/c1-12-6-7-16(10-13(12)2)23-18(25)24-8-9-26-17(24)14-4-3-5-15(11-14)19(20,21)22/h3-7,10-11,17H,8-9H2,1-2H3,(H,23,25)/t17-/m1/s1. The summed E-state index contributed by atoms with van der Waals surface area (Å²) in [6, 6.07) is 10.5. The van der Waals surface area contributed by atoms with E-state index >= 15 is 0 Å². The highest BCUT2D eigenvalue weighted by molar-refractivity contribution is 7.99. The number of alkyl halides is 3. The Hall–Kier alpha value is -2.15. The minimum atomic E-state index is -4.40. The summed E-state index contributed by atoms with van der Waals surface area (Å²) in [6.07, 6.45) is -4.40. The molecule has 3 rings (SSSR count). The van der Waals surface area contributed by atoms with Crippen molar-refractivity contribution in [3.05, 3.63) is 64.7 Å². The molecule has 2 aromatic carbocycles. The molecule has 1 heterocycles. The zero-order valence-electron chi connectivity index (χ0n) is 14.4. The highest BCUT2D eigenvalue weighted by atomic mass is 32.2. The van der Waals surface area contributed by atoms with Gasteiger partial charge in [-0.05, 0) is 54.8 Å². The molecule has 1 atom stereocenters. The van der Waals surface area contributed by atoms with Crippen LogP contribution in [0.5, 0.6) is 0 Å². The molecule has 1 saturated heterocycles. The number of benzene rings is 2. The molecule has 7 heteroatoms. The van der Waals surface area contributed by atoms with Gasteiger partial charge in [-0.2, -0.15) is 13.2 Å². The van der Waals surface area contributed by atoms with Gasteiger partial charge in [0, 0.05) is 18.0 Å². The fraction of sp³-hybridized carbons (Fsp3) is 0.316. The van der Waals surface area contributed by atoms with Gasteiger partial charge in [-0.1, -0.05) is 18.2 Å². The lowest BCUT2D eigenvalue weighted by molar-refractivity contribution is -0.137. The molecule has 0 radical (unpaired) electrons. The number of halogens is 3. The molecule has 0 saturated carbocycles. The predicted octanol–water partition coefficient (Wildman–Crippen LogP) is 5.60. The summed E-state index contributed by atoms with van der Waals surface area (Å²) in [5.41, 5.74) is 2.65. The van der Waals surface area contributed by atoms with E-state index in [1.54, 1.807) is 11.0 Å². The highest BCUT2D eigenvalue weighted by Crippen LogP contribution is 2.40. The van der Waals surface area contributed by atoms with Crippen LogP contribution in [0.25, 0.3) is 0 Å². The van der Waals surface area contributed by atoms with E-state index in [9.17, 15) is 18.0 Å². The van der Waals surface area contributed by atoms with Crippen LogP contribution in [-0.4, -0.2) is 23.2 Å². The first kappa shape index (κ1) is 18.6. The summed E-state index contributed by atoms with van der Waals surface area (Å²) in [5.74, 6) is 0.682. The number of carbonyl (C=O) groups excluding carboxylic acids is 1. The van der Waals surface area contributed by atoms with E-state index < -0.39 is 17.1 Å². The molecule has 0 bridgehead atoms. The van der Waals surface area contributed by atoms with Crippen LogP contribution < -0.4 is 5.32 Å². The van der Waals surface area contributed by atoms with Crippen molar-refractivity contribution >= 4 is 23.5 Å². The molecule has 0 spiro atoms. The molecular weight excluding hydrogens is 361 g/mol. The van der Waals surface area contributed by atoms with E-state index in [0.29, 0.717) is 23.5 Å². The molecule has 1 aliphatic heterocycles. The third-order valence-corrected chi connectivity index (χ3v) is 5.67. The molecule has 138 valence electrons. The third kappa shape index (κ3) is 3.98. The van der Waals surface area contributed by atoms with Gasteiger partial charge in [-0.15, -0.1) is 11.8 Å². The monoisotopic (exact) mass is 380 g/mol. The Balaban J connectivity index is 1.79. The first-order valence-electron chi connectivity index (χ1n) is 8.19. The van der Waals surface area contributed by atoms with Gasteiger partial charge in [0.25, 0.3) is 0 Å². The summed E-state index contributed by atoms with van der Waals surface area (Å²) >= 11 is 1.47. The molecule has 0 aliphatic carbocycles. The molecule has 26 heavy (non-hydrogen) atoms. The molecule has 0 unspecified atom stereocenters. The van der Waals surface area contributed by atoms with Crippen LogP contribution in [0, 0.1) is 13.8 Å². The number of anilines is 1. The van der Waals surface area contributed by atoms with Crippen molar-refractivity contribution in [2.75, 3.05) is 17.6 Å². The Morgan fingerprint density at radius 3 is 2.62 bits per heavy atom. The number of aryl methyl sites for hydroxylation is 2. The Morgan fingerprint density at radius 2 is 1.92 bits per heavy atom. The SMILES string of the molecule is Cc1ccc(NC(=O)N2CCS[C@@H]2c2cccc(C(F)(F)F)c2)cc1C. The van der Waals surface area contributed by atoms with Crippen molar-refractivity contribution in [3.63, 3.8) is 0 Å². The van der Waals surface area contributed by atoms with Crippen LogP contribution in [0.3, 0.4) is 0 Å². The quantitative estimate of drug-likeness (QED) is 0.735. The lowest BCUT2D eigenvalue weighted by Gasteiger charge is -2.25. The van der Waals surface area contributed by atoms with Crippen molar-refractivity contribution in [3.8, 4) is 0 Å². The minimum absolute atomic E-state index is 0.305. The first-order chi connectivity index (χ1) is 12.3. The van der Waals surface area contributed by atoms with E-state index in [1.165, 1.54) is 17.8 Å².